The van der Waals surface area contributed by atoms with Crippen molar-refractivity contribution in [1.82, 2.24) is 9.80 Å². The van der Waals surface area contributed by atoms with E-state index in [4.69, 9.17) is 9.25 Å². The normalized spacial score (nSPS) is 19.6. The van der Waals surface area contributed by atoms with Crippen LogP contribution in [0.2, 0.25) is 0 Å². The first-order valence-electron chi connectivity index (χ1n) is 8.72. The third-order valence-corrected chi connectivity index (χ3v) is 4.73. The van der Waals surface area contributed by atoms with E-state index in [0.717, 1.165) is 5.56 Å². The van der Waals surface area contributed by atoms with Crippen LogP contribution in [0.3, 0.4) is 0 Å². The standard InChI is InChI=1S/C19H18FN3O4/c20-14-5-3-13(4-6-14)15-12-17(27-21-15)19(25)23-9-7-22(8-10-23)18(24)16-2-1-11-26-16/h1-6,11,17H,7-10,12H2/t17-/m0/s1. The van der Waals surface area contributed by atoms with Crippen molar-refractivity contribution < 1.29 is 23.2 Å². The predicted molar refractivity (Wildman–Crippen MR) is 93.6 cm³/mol. The van der Waals surface area contributed by atoms with Crippen LogP contribution in [0.1, 0.15) is 22.5 Å². The molecule has 27 heavy (non-hydrogen) atoms. The van der Waals surface area contributed by atoms with E-state index >= 15 is 0 Å². The molecule has 2 aliphatic heterocycles. The lowest BCUT2D eigenvalue weighted by Crippen LogP contribution is -2.52. The highest BCUT2D eigenvalue weighted by Gasteiger charge is 2.34. The number of piperazine rings is 1. The van der Waals surface area contributed by atoms with Crippen LogP contribution in [-0.4, -0.2) is 59.6 Å². The molecule has 8 heteroatoms. The van der Waals surface area contributed by atoms with Crippen LogP contribution in [0.25, 0.3) is 0 Å². The highest BCUT2D eigenvalue weighted by atomic mass is 19.1. The Labute approximate surface area is 155 Å². The number of hydrogen-bond donors (Lipinski definition) is 0. The van der Waals surface area contributed by atoms with Gasteiger partial charge in [0, 0.05) is 32.6 Å². The largest absolute Gasteiger partial charge is 0.459 e. The van der Waals surface area contributed by atoms with Gasteiger partial charge in [-0.1, -0.05) is 17.3 Å². The Hall–Kier alpha value is -3.16. The summed E-state index contributed by atoms with van der Waals surface area (Å²) in [6.07, 6.45) is 1.12. The molecule has 4 rings (SSSR count). The highest BCUT2D eigenvalue weighted by Crippen LogP contribution is 2.20. The zero-order valence-electron chi connectivity index (χ0n) is 14.5. The van der Waals surface area contributed by atoms with Crippen LogP contribution in [0.15, 0.2) is 52.2 Å². The molecular formula is C19H18FN3O4. The molecule has 1 aromatic heterocycles. The maximum absolute atomic E-state index is 13.0. The molecule has 2 aliphatic rings. The van der Waals surface area contributed by atoms with Gasteiger partial charge in [0.25, 0.3) is 11.8 Å². The highest BCUT2D eigenvalue weighted by molar-refractivity contribution is 6.04. The van der Waals surface area contributed by atoms with E-state index in [2.05, 4.69) is 5.16 Å². The van der Waals surface area contributed by atoms with E-state index in [9.17, 15) is 14.0 Å². The molecule has 2 aromatic rings. The van der Waals surface area contributed by atoms with E-state index < -0.39 is 6.10 Å². The van der Waals surface area contributed by atoms with Crippen molar-refractivity contribution in [3.05, 3.63) is 59.8 Å². The van der Waals surface area contributed by atoms with Crippen molar-refractivity contribution in [3.63, 3.8) is 0 Å². The van der Waals surface area contributed by atoms with Crippen molar-refractivity contribution >= 4 is 17.5 Å². The van der Waals surface area contributed by atoms with Gasteiger partial charge in [-0.15, -0.1) is 0 Å². The monoisotopic (exact) mass is 371 g/mol. The topological polar surface area (TPSA) is 75.4 Å². The summed E-state index contributed by atoms with van der Waals surface area (Å²) in [5, 5.41) is 3.98. The maximum Gasteiger partial charge on any atom is 0.289 e. The summed E-state index contributed by atoms with van der Waals surface area (Å²) in [5.74, 6) is -0.355. The number of carbonyl (C=O) groups excluding carboxylic acids is 2. The first-order chi connectivity index (χ1) is 13.1. The Balaban J connectivity index is 1.31. The third kappa shape index (κ3) is 3.55. The number of carbonyl (C=O) groups is 2. The molecule has 1 atom stereocenters. The second-order valence-corrected chi connectivity index (χ2v) is 6.44. The molecule has 0 radical (unpaired) electrons. The number of amides is 2. The van der Waals surface area contributed by atoms with Crippen LogP contribution < -0.4 is 0 Å². The lowest BCUT2D eigenvalue weighted by atomic mass is 10.0. The molecule has 7 nitrogen and oxygen atoms in total. The minimum absolute atomic E-state index is 0.152. The smallest absolute Gasteiger partial charge is 0.289 e. The number of nitrogens with zero attached hydrogens (tertiary/aromatic N) is 3. The van der Waals surface area contributed by atoms with Crippen LogP contribution in [-0.2, 0) is 9.63 Å². The van der Waals surface area contributed by atoms with Gasteiger partial charge < -0.3 is 19.1 Å². The van der Waals surface area contributed by atoms with Crippen LogP contribution in [0.4, 0.5) is 4.39 Å². The maximum atomic E-state index is 13.0. The minimum atomic E-state index is -0.683. The summed E-state index contributed by atoms with van der Waals surface area (Å²) in [7, 11) is 0. The number of rotatable bonds is 3. The van der Waals surface area contributed by atoms with Gasteiger partial charge in [-0.2, -0.15) is 0 Å². The Morgan fingerprint density at radius 3 is 2.41 bits per heavy atom. The fourth-order valence-electron chi connectivity index (χ4n) is 3.21. The second kappa shape index (κ2) is 7.22. The zero-order valence-corrected chi connectivity index (χ0v) is 14.5. The van der Waals surface area contributed by atoms with E-state index in [1.807, 2.05) is 0 Å². The van der Waals surface area contributed by atoms with Crippen LogP contribution in [0.5, 0.6) is 0 Å². The van der Waals surface area contributed by atoms with Crippen molar-refractivity contribution in [3.8, 4) is 0 Å². The summed E-state index contributed by atoms with van der Waals surface area (Å²) in [5.41, 5.74) is 1.36. The molecule has 1 fully saturated rings. The van der Waals surface area contributed by atoms with E-state index in [0.29, 0.717) is 44.1 Å². The zero-order chi connectivity index (χ0) is 18.8. The molecule has 0 spiro atoms. The van der Waals surface area contributed by atoms with Crippen LogP contribution in [0, 0.1) is 5.82 Å². The van der Waals surface area contributed by atoms with Gasteiger partial charge in [-0.05, 0) is 29.8 Å². The number of oxime groups is 1. The SMILES string of the molecule is O=C(c1ccco1)N1CCN(C(=O)[C@@H]2CC(c3ccc(F)cc3)=NO2)CC1. The lowest BCUT2D eigenvalue weighted by molar-refractivity contribution is -0.143. The number of furan rings is 1. The first kappa shape index (κ1) is 17.3. The molecule has 0 bridgehead atoms. The lowest BCUT2D eigenvalue weighted by Gasteiger charge is -2.35. The van der Waals surface area contributed by atoms with Crippen molar-refractivity contribution in [2.24, 2.45) is 5.16 Å². The third-order valence-electron chi connectivity index (χ3n) is 4.73. The van der Waals surface area contributed by atoms with Gasteiger partial charge in [0.15, 0.2) is 5.76 Å². The number of hydrogen-bond acceptors (Lipinski definition) is 5. The average molecular weight is 371 g/mol. The summed E-state index contributed by atoms with van der Waals surface area (Å²) in [4.78, 5) is 33.6. The average Bonchev–Trinajstić information content (AvgIpc) is 3.40. The summed E-state index contributed by atoms with van der Waals surface area (Å²) >= 11 is 0. The summed E-state index contributed by atoms with van der Waals surface area (Å²) in [6, 6.07) is 9.22. The predicted octanol–water partition coefficient (Wildman–Crippen LogP) is 1.90. The summed E-state index contributed by atoms with van der Waals surface area (Å²) in [6.45, 7) is 1.72. The van der Waals surface area contributed by atoms with Crippen LogP contribution >= 0.6 is 0 Å². The fourth-order valence-corrected chi connectivity index (χ4v) is 3.21. The molecular weight excluding hydrogens is 353 g/mol. The van der Waals surface area contributed by atoms with Crippen molar-refractivity contribution in [2.45, 2.75) is 12.5 Å². The molecule has 0 N–H and O–H groups in total. The second-order valence-electron chi connectivity index (χ2n) is 6.44. The van der Waals surface area contributed by atoms with Crippen molar-refractivity contribution in [2.75, 3.05) is 26.2 Å². The Morgan fingerprint density at radius 1 is 1.04 bits per heavy atom. The van der Waals surface area contributed by atoms with Gasteiger partial charge in [-0.25, -0.2) is 4.39 Å². The van der Waals surface area contributed by atoms with E-state index in [1.54, 1.807) is 34.1 Å². The molecule has 140 valence electrons. The number of benzene rings is 1. The van der Waals surface area contributed by atoms with Gasteiger partial charge in [-0.3, -0.25) is 9.59 Å². The Morgan fingerprint density at radius 2 is 1.74 bits per heavy atom. The molecule has 0 aliphatic carbocycles. The van der Waals surface area contributed by atoms with Gasteiger partial charge in [0.1, 0.15) is 5.82 Å². The molecule has 2 amide bonds. The van der Waals surface area contributed by atoms with E-state index in [-0.39, 0.29) is 17.6 Å². The molecule has 0 saturated carbocycles. The van der Waals surface area contributed by atoms with Gasteiger partial charge in [0.05, 0.1) is 12.0 Å². The van der Waals surface area contributed by atoms with Gasteiger partial charge in [0.2, 0.25) is 6.10 Å². The quantitative estimate of drug-likeness (QED) is 0.826. The van der Waals surface area contributed by atoms with E-state index in [1.165, 1.54) is 18.4 Å². The Kier molecular flexibility index (Phi) is 4.62. The van der Waals surface area contributed by atoms with Gasteiger partial charge >= 0.3 is 0 Å². The molecule has 1 aromatic carbocycles. The molecule has 0 unspecified atom stereocenters. The Bertz CT molecular complexity index is 856. The fraction of sp³-hybridized carbons (Fsp3) is 0.316. The first-order valence-corrected chi connectivity index (χ1v) is 8.72. The minimum Gasteiger partial charge on any atom is -0.459 e. The molecule has 3 heterocycles. The molecule has 1 saturated heterocycles. The van der Waals surface area contributed by atoms with Crippen molar-refractivity contribution in [1.29, 1.82) is 0 Å². The number of halogens is 1. The summed E-state index contributed by atoms with van der Waals surface area (Å²) < 4.78 is 18.2.